The van der Waals surface area contributed by atoms with Gasteiger partial charge in [-0.3, -0.25) is 4.79 Å². The Morgan fingerprint density at radius 1 is 1.39 bits per heavy atom. The summed E-state index contributed by atoms with van der Waals surface area (Å²) in [6.07, 6.45) is 0.755. The predicted molar refractivity (Wildman–Crippen MR) is 79.8 cm³/mol. The molecule has 0 atom stereocenters. The number of aromatic nitrogens is 2. The minimum atomic E-state index is -0.0767. The molecule has 0 aromatic carbocycles. The maximum absolute atomic E-state index is 11.7. The van der Waals surface area contributed by atoms with Gasteiger partial charge in [0.15, 0.2) is 0 Å². The van der Waals surface area contributed by atoms with E-state index in [2.05, 4.69) is 28.7 Å². The van der Waals surface area contributed by atoms with Gasteiger partial charge in [-0.1, -0.05) is 13.8 Å². The van der Waals surface area contributed by atoms with Gasteiger partial charge in [-0.15, -0.1) is 0 Å². The Balaban J connectivity index is 2.80. The Labute approximate surface area is 121 Å². The molecular weight excluding hydrogens is 345 g/mol. The highest BCUT2D eigenvalue weighted by molar-refractivity contribution is 14.1. The Bertz CT molecular complexity index is 430. The molecule has 0 saturated heterocycles. The van der Waals surface area contributed by atoms with Crippen molar-refractivity contribution in [3.05, 3.63) is 25.4 Å². The van der Waals surface area contributed by atoms with Crippen molar-refractivity contribution in [3.63, 3.8) is 0 Å². The topological polar surface area (TPSA) is 58.2 Å². The van der Waals surface area contributed by atoms with Crippen molar-refractivity contribution in [1.82, 2.24) is 14.9 Å². The highest BCUT2D eigenvalue weighted by Gasteiger charge is 2.09. The number of hydrogen-bond acceptors (Lipinski definition) is 4. The fraction of sp³-hybridized carbons (Fsp3) is 0.667. The molecule has 0 radical (unpaired) electrons. The number of nitrogens with zero attached hydrogens (tertiary/aromatic N) is 2. The van der Waals surface area contributed by atoms with Crippen LogP contribution in [0.2, 0.25) is 0 Å². The van der Waals surface area contributed by atoms with Crippen molar-refractivity contribution >= 4 is 22.6 Å². The van der Waals surface area contributed by atoms with Crippen molar-refractivity contribution in [3.8, 4) is 0 Å². The molecule has 1 aromatic heterocycles. The van der Waals surface area contributed by atoms with Gasteiger partial charge in [0, 0.05) is 20.1 Å². The van der Waals surface area contributed by atoms with Gasteiger partial charge in [0.2, 0.25) is 0 Å². The van der Waals surface area contributed by atoms with Crippen LogP contribution < -0.4 is 5.56 Å². The highest BCUT2D eigenvalue weighted by Crippen LogP contribution is 2.06. The number of nitrogens with one attached hydrogen (secondary N) is 1. The van der Waals surface area contributed by atoms with E-state index in [1.165, 1.54) is 0 Å². The van der Waals surface area contributed by atoms with Crippen LogP contribution in [0.5, 0.6) is 0 Å². The zero-order valence-electron chi connectivity index (χ0n) is 11.1. The lowest BCUT2D eigenvalue weighted by molar-refractivity contribution is 0.180. The molecule has 1 rings (SSSR count). The summed E-state index contributed by atoms with van der Waals surface area (Å²) >= 11 is 2.00. The van der Waals surface area contributed by atoms with Crippen LogP contribution in [-0.2, 0) is 17.8 Å². The summed E-state index contributed by atoms with van der Waals surface area (Å²) in [7, 11) is 1.61. The van der Waals surface area contributed by atoms with Gasteiger partial charge < -0.3 is 14.6 Å². The SMILES string of the molecule is CCN(CC)CCc1nc(COC)c(I)c(=O)[nH]1. The molecule has 0 fully saturated rings. The molecular formula is C12H20IN3O2. The third kappa shape index (κ3) is 4.33. The van der Waals surface area contributed by atoms with Gasteiger partial charge in [0.05, 0.1) is 12.3 Å². The van der Waals surface area contributed by atoms with Gasteiger partial charge in [-0.25, -0.2) is 4.98 Å². The Morgan fingerprint density at radius 3 is 2.61 bits per heavy atom. The van der Waals surface area contributed by atoms with E-state index in [0.717, 1.165) is 37.6 Å². The van der Waals surface area contributed by atoms with Crippen molar-refractivity contribution in [2.75, 3.05) is 26.7 Å². The molecule has 0 aliphatic rings. The Hall–Kier alpha value is -0.470. The summed E-state index contributed by atoms with van der Waals surface area (Å²) in [6.45, 7) is 7.56. The van der Waals surface area contributed by atoms with Gasteiger partial charge in [0.1, 0.15) is 9.39 Å². The van der Waals surface area contributed by atoms with Crippen molar-refractivity contribution in [2.45, 2.75) is 26.9 Å². The molecule has 1 aromatic rings. The largest absolute Gasteiger partial charge is 0.378 e. The third-order valence-electron chi connectivity index (χ3n) is 2.82. The molecule has 0 amide bonds. The first-order valence-corrected chi connectivity index (χ1v) is 7.19. The molecule has 0 bridgehead atoms. The number of H-pyrrole nitrogens is 1. The van der Waals surface area contributed by atoms with E-state index in [0.29, 0.717) is 10.2 Å². The van der Waals surface area contributed by atoms with Gasteiger partial charge in [-0.05, 0) is 35.7 Å². The fourth-order valence-corrected chi connectivity index (χ4v) is 2.12. The van der Waals surface area contributed by atoms with Gasteiger partial charge in [-0.2, -0.15) is 0 Å². The monoisotopic (exact) mass is 365 g/mol. The first kappa shape index (κ1) is 15.6. The number of hydrogen-bond donors (Lipinski definition) is 1. The van der Waals surface area contributed by atoms with Crippen LogP contribution in [0.3, 0.4) is 0 Å². The molecule has 0 saturated carbocycles. The smallest absolute Gasteiger partial charge is 0.264 e. The van der Waals surface area contributed by atoms with E-state index in [1.54, 1.807) is 7.11 Å². The van der Waals surface area contributed by atoms with E-state index < -0.39 is 0 Å². The average molecular weight is 365 g/mol. The molecule has 0 unspecified atom stereocenters. The maximum atomic E-state index is 11.7. The molecule has 18 heavy (non-hydrogen) atoms. The summed E-state index contributed by atoms with van der Waals surface area (Å²) in [6, 6.07) is 0. The van der Waals surface area contributed by atoms with Gasteiger partial charge >= 0.3 is 0 Å². The number of methoxy groups -OCH3 is 1. The summed E-state index contributed by atoms with van der Waals surface area (Å²) in [5.74, 6) is 0.736. The quantitative estimate of drug-likeness (QED) is 0.743. The number of aromatic amines is 1. The fourth-order valence-electron chi connectivity index (χ4n) is 1.71. The lowest BCUT2D eigenvalue weighted by atomic mass is 10.3. The number of likely N-dealkylation sites (N-methyl/N-ethyl adjacent to an activating group) is 1. The summed E-state index contributed by atoms with van der Waals surface area (Å²) in [5, 5.41) is 0. The Kier molecular flexibility index (Phi) is 6.80. The lowest BCUT2D eigenvalue weighted by Crippen LogP contribution is -2.27. The van der Waals surface area contributed by atoms with Crippen LogP contribution in [0.15, 0.2) is 4.79 Å². The number of rotatable bonds is 7. The van der Waals surface area contributed by atoms with Crippen LogP contribution in [-0.4, -0.2) is 41.6 Å². The molecule has 0 aliphatic heterocycles. The van der Waals surface area contributed by atoms with Gasteiger partial charge in [0.25, 0.3) is 5.56 Å². The molecule has 1 N–H and O–H groups in total. The zero-order chi connectivity index (χ0) is 13.5. The summed E-state index contributed by atoms with van der Waals surface area (Å²) in [4.78, 5) is 21.3. The normalized spacial score (nSPS) is 11.2. The van der Waals surface area contributed by atoms with Crippen LogP contribution in [0.4, 0.5) is 0 Å². The standard InChI is InChI=1S/C12H20IN3O2/c1-4-16(5-2)7-6-10-14-9(8-18-3)11(13)12(17)15-10/h4-8H2,1-3H3,(H,14,15,17). The van der Waals surface area contributed by atoms with Crippen LogP contribution in [0, 0.1) is 3.57 Å². The molecule has 1 heterocycles. The minimum Gasteiger partial charge on any atom is -0.378 e. The van der Waals surface area contributed by atoms with Crippen LogP contribution in [0.25, 0.3) is 0 Å². The Morgan fingerprint density at radius 2 is 2.06 bits per heavy atom. The minimum absolute atomic E-state index is 0.0767. The molecule has 0 aliphatic carbocycles. The first-order chi connectivity index (χ1) is 8.62. The third-order valence-corrected chi connectivity index (χ3v) is 3.93. The van der Waals surface area contributed by atoms with E-state index >= 15 is 0 Å². The molecule has 6 heteroatoms. The maximum Gasteiger partial charge on any atom is 0.264 e. The lowest BCUT2D eigenvalue weighted by Gasteiger charge is -2.17. The second kappa shape index (κ2) is 7.85. The van der Waals surface area contributed by atoms with Crippen molar-refractivity contribution < 1.29 is 4.74 Å². The molecule has 0 spiro atoms. The van der Waals surface area contributed by atoms with Crippen LogP contribution in [0.1, 0.15) is 25.4 Å². The second-order valence-electron chi connectivity index (χ2n) is 3.98. The van der Waals surface area contributed by atoms with Crippen molar-refractivity contribution in [2.24, 2.45) is 0 Å². The number of halogens is 1. The van der Waals surface area contributed by atoms with Crippen LogP contribution >= 0.6 is 22.6 Å². The molecule has 102 valence electrons. The van der Waals surface area contributed by atoms with E-state index in [4.69, 9.17) is 4.74 Å². The zero-order valence-corrected chi connectivity index (χ0v) is 13.3. The summed E-state index contributed by atoms with van der Waals surface area (Å²) in [5.41, 5.74) is 0.642. The van der Waals surface area contributed by atoms with E-state index in [1.807, 2.05) is 22.6 Å². The second-order valence-corrected chi connectivity index (χ2v) is 5.06. The molecule has 5 nitrogen and oxygen atoms in total. The first-order valence-electron chi connectivity index (χ1n) is 6.11. The highest BCUT2D eigenvalue weighted by atomic mass is 127. The van der Waals surface area contributed by atoms with Crippen molar-refractivity contribution in [1.29, 1.82) is 0 Å². The summed E-state index contributed by atoms with van der Waals surface area (Å²) < 4.78 is 5.67. The predicted octanol–water partition coefficient (Wildman–Crippen LogP) is 1.41. The number of ether oxygens (including phenoxy) is 1. The van der Waals surface area contributed by atoms with E-state index in [9.17, 15) is 4.79 Å². The van der Waals surface area contributed by atoms with E-state index in [-0.39, 0.29) is 5.56 Å². The average Bonchev–Trinajstić information content (AvgIpc) is 2.36.